The Labute approximate surface area is 98.2 Å². The molecule has 0 amide bonds. The number of hydrogen-bond acceptors (Lipinski definition) is 2. The van der Waals surface area contributed by atoms with E-state index in [1.165, 1.54) is 11.8 Å². The summed E-state index contributed by atoms with van der Waals surface area (Å²) < 4.78 is 1.24. The molecule has 1 aromatic rings. The maximum Gasteiger partial charge on any atom is 0.291 e. The molecule has 3 nitrogen and oxygen atoms in total. The summed E-state index contributed by atoms with van der Waals surface area (Å²) in [5.41, 5.74) is 1.91. The highest BCUT2D eigenvalue weighted by Crippen LogP contribution is 2.30. The molecule has 0 saturated carbocycles. The first-order valence-electron chi connectivity index (χ1n) is 5.39. The van der Waals surface area contributed by atoms with Gasteiger partial charge in [0.25, 0.3) is 5.56 Å². The SMILES string of the molecule is COn1ccc2cc3cccccc-3c2c1=O. The van der Waals surface area contributed by atoms with Crippen molar-refractivity contribution >= 4 is 10.8 Å². The average molecular weight is 225 g/mol. The summed E-state index contributed by atoms with van der Waals surface area (Å²) in [4.78, 5) is 17.2. The summed E-state index contributed by atoms with van der Waals surface area (Å²) in [6, 6.07) is 13.7. The predicted molar refractivity (Wildman–Crippen MR) is 67.3 cm³/mol. The van der Waals surface area contributed by atoms with Crippen LogP contribution >= 0.6 is 0 Å². The van der Waals surface area contributed by atoms with E-state index in [2.05, 4.69) is 0 Å². The highest BCUT2D eigenvalue weighted by atomic mass is 16.6. The van der Waals surface area contributed by atoms with E-state index in [0.29, 0.717) is 5.39 Å². The minimum atomic E-state index is -0.119. The van der Waals surface area contributed by atoms with Gasteiger partial charge in [-0.1, -0.05) is 30.3 Å². The second kappa shape index (κ2) is 3.63. The monoisotopic (exact) mass is 225 g/mol. The second-order valence-corrected chi connectivity index (χ2v) is 3.88. The van der Waals surface area contributed by atoms with Crippen LogP contribution in [0.1, 0.15) is 0 Å². The van der Waals surface area contributed by atoms with Crippen LogP contribution in [0.2, 0.25) is 0 Å². The first-order valence-corrected chi connectivity index (χ1v) is 5.39. The Morgan fingerprint density at radius 3 is 2.76 bits per heavy atom. The van der Waals surface area contributed by atoms with Crippen molar-refractivity contribution in [3.05, 3.63) is 59.0 Å². The fraction of sp³-hybridized carbons (Fsp3) is 0.0714. The van der Waals surface area contributed by atoms with Gasteiger partial charge in [-0.3, -0.25) is 4.79 Å². The lowest BCUT2D eigenvalue weighted by Crippen LogP contribution is -2.23. The average Bonchev–Trinajstić information content (AvgIpc) is 2.53. The molecule has 0 unspecified atom stereocenters. The van der Waals surface area contributed by atoms with Crippen molar-refractivity contribution in [2.45, 2.75) is 0 Å². The van der Waals surface area contributed by atoms with Gasteiger partial charge in [-0.25, -0.2) is 0 Å². The highest BCUT2D eigenvalue weighted by Gasteiger charge is 2.12. The molecule has 0 bridgehead atoms. The lowest BCUT2D eigenvalue weighted by molar-refractivity contribution is 0.158. The predicted octanol–water partition coefficient (Wildman–Crippen LogP) is 2.16. The Morgan fingerprint density at radius 1 is 1.12 bits per heavy atom. The third-order valence-corrected chi connectivity index (χ3v) is 2.94. The van der Waals surface area contributed by atoms with E-state index in [4.69, 9.17) is 4.84 Å². The van der Waals surface area contributed by atoms with Gasteiger partial charge >= 0.3 is 0 Å². The maximum absolute atomic E-state index is 12.2. The fourth-order valence-electron chi connectivity index (χ4n) is 2.15. The van der Waals surface area contributed by atoms with Crippen molar-refractivity contribution in [3.8, 4) is 11.1 Å². The molecule has 0 radical (unpaired) electrons. The number of fused-ring (bicyclic) bond motifs is 3. The molecule has 0 N–H and O–H groups in total. The van der Waals surface area contributed by atoms with Crippen LogP contribution in [-0.4, -0.2) is 11.8 Å². The molecule has 1 aromatic heterocycles. The molecule has 3 heteroatoms. The van der Waals surface area contributed by atoms with Crippen molar-refractivity contribution in [3.63, 3.8) is 0 Å². The Kier molecular flexibility index (Phi) is 2.11. The Morgan fingerprint density at radius 2 is 1.94 bits per heavy atom. The summed E-state index contributed by atoms with van der Waals surface area (Å²) in [7, 11) is 1.48. The smallest absolute Gasteiger partial charge is 0.291 e. The van der Waals surface area contributed by atoms with E-state index in [9.17, 15) is 4.79 Å². The molecule has 0 aliphatic heterocycles. The van der Waals surface area contributed by atoms with Crippen LogP contribution in [0.4, 0.5) is 0 Å². The van der Waals surface area contributed by atoms with Gasteiger partial charge in [0.2, 0.25) is 0 Å². The Hall–Kier alpha value is -2.29. The summed E-state index contributed by atoms with van der Waals surface area (Å²) in [5.74, 6) is 0. The molecule has 0 atom stereocenters. The molecular weight excluding hydrogens is 214 g/mol. The molecule has 0 aromatic carbocycles. The number of pyridine rings is 1. The lowest BCUT2D eigenvalue weighted by Gasteiger charge is -2.02. The maximum atomic E-state index is 12.2. The van der Waals surface area contributed by atoms with Crippen LogP contribution in [0.15, 0.2) is 53.5 Å². The van der Waals surface area contributed by atoms with Crippen molar-refractivity contribution in [1.29, 1.82) is 0 Å². The standard InChI is InChI=1S/C14H11NO2/c1-17-15-8-7-11-9-10-5-3-2-4-6-12(10)13(11)14(15)16/h2-9H,1H3. The number of nitrogens with zero attached hydrogens (tertiary/aromatic N) is 1. The minimum absolute atomic E-state index is 0.119. The molecule has 0 saturated heterocycles. The van der Waals surface area contributed by atoms with Gasteiger partial charge in [-0.15, -0.1) is 0 Å². The van der Waals surface area contributed by atoms with E-state index in [-0.39, 0.29) is 5.56 Å². The quantitative estimate of drug-likeness (QED) is 0.635. The third-order valence-electron chi connectivity index (χ3n) is 2.94. The highest BCUT2D eigenvalue weighted by molar-refractivity contribution is 6.01. The van der Waals surface area contributed by atoms with Crippen molar-refractivity contribution in [2.24, 2.45) is 0 Å². The van der Waals surface area contributed by atoms with Gasteiger partial charge in [0.1, 0.15) is 7.11 Å². The first kappa shape index (κ1) is 9.90. The molecule has 17 heavy (non-hydrogen) atoms. The second-order valence-electron chi connectivity index (χ2n) is 3.88. The van der Waals surface area contributed by atoms with E-state index in [1.54, 1.807) is 6.20 Å². The number of aromatic nitrogens is 1. The molecule has 1 heterocycles. The summed E-state index contributed by atoms with van der Waals surface area (Å²) in [6.07, 6.45) is 1.64. The summed E-state index contributed by atoms with van der Waals surface area (Å²) >= 11 is 0. The van der Waals surface area contributed by atoms with Gasteiger partial charge < -0.3 is 4.84 Å². The van der Waals surface area contributed by atoms with Gasteiger partial charge in [-0.2, -0.15) is 4.73 Å². The van der Waals surface area contributed by atoms with E-state index >= 15 is 0 Å². The number of rotatable bonds is 1. The molecule has 2 aliphatic rings. The van der Waals surface area contributed by atoms with E-state index in [0.717, 1.165) is 16.5 Å². The lowest BCUT2D eigenvalue weighted by atomic mass is 10.1. The van der Waals surface area contributed by atoms with Gasteiger partial charge in [0.05, 0.1) is 5.39 Å². The largest absolute Gasteiger partial charge is 0.414 e. The summed E-state index contributed by atoms with van der Waals surface area (Å²) in [6.45, 7) is 0. The zero-order valence-corrected chi connectivity index (χ0v) is 9.38. The van der Waals surface area contributed by atoms with Crippen molar-refractivity contribution in [2.75, 3.05) is 7.11 Å². The van der Waals surface area contributed by atoms with E-state index in [1.807, 2.05) is 42.5 Å². The van der Waals surface area contributed by atoms with Gasteiger partial charge in [0.15, 0.2) is 0 Å². The van der Waals surface area contributed by atoms with Gasteiger partial charge in [-0.05, 0) is 28.6 Å². The van der Waals surface area contributed by atoms with Crippen molar-refractivity contribution < 1.29 is 4.84 Å². The van der Waals surface area contributed by atoms with Crippen LogP contribution in [0.3, 0.4) is 0 Å². The zero-order valence-electron chi connectivity index (χ0n) is 9.38. The summed E-state index contributed by atoms with van der Waals surface area (Å²) in [5, 5.41) is 1.66. The number of hydrogen-bond donors (Lipinski definition) is 0. The van der Waals surface area contributed by atoms with Crippen LogP contribution in [0.25, 0.3) is 21.9 Å². The molecule has 2 aliphatic carbocycles. The Bertz CT molecular complexity index is 715. The minimum Gasteiger partial charge on any atom is -0.414 e. The topological polar surface area (TPSA) is 31.2 Å². The van der Waals surface area contributed by atoms with Crippen LogP contribution in [0.5, 0.6) is 0 Å². The van der Waals surface area contributed by atoms with Crippen LogP contribution < -0.4 is 10.4 Å². The molecule has 84 valence electrons. The normalized spacial score (nSPS) is 10.9. The molecule has 0 spiro atoms. The first-order chi connectivity index (χ1) is 8.31. The molecule has 0 fully saturated rings. The van der Waals surface area contributed by atoms with Crippen LogP contribution in [0, 0.1) is 0 Å². The molecule has 3 rings (SSSR count). The van der Waals surface area contributed by atoms with Gasteiger partial charge in [0, 0.05) is 6.20 Å². The third kappa shape index (κ3) is 1.40. The zero-order chi connectivity index (χ0) is 11.8. The van der Waals surface area contributed by atoms with E-state index < -0.39 is 0 Å². The fourth-order valence-corrected chi connectivity index (χ4v) is 2.15. The molecular formula is C14H11NO2. The Balaban J connectivity index is 2.51. The van der Waals surface area contributed by atoms with Crippen LogP contribution in [-0.2, 0) is 0 Å². The van der Waals surface area contributed by atoms with Crippen molar-refractivity contribution in [1.82, 2.24) is 4.73 Å².